The lowest BCUT2D eigenvalue weighted by Gasteiger charge is -2.23. The lowest BCUT2D eigenvalue weighted by molar-refractivity contribution is -0.154. The average molecular weight is 462 g/mol. The number of hydroxylamine groups is 2. The number of amides is 2. The fourth-order valence-electron chi connectivity index (χ4n) is 5.84. The van der Waals surface area contributed by atoms with Crippen LogP contribution < -0.4 is 21.1 Å². The molecule has 1 unspecified atom stereocenters. The first-order valence-corrected chi connectivity index (χ1v) is 11.9. The molecular formula is C22H32FN7O3. The Morgan fingerprint density at radius 3 is 2.70 bits per heavy atom. The summed E-state index contributed by atoms with van der Waals surface area (Å²) in [7, 11) is 0. The van der Waals surface area contributed by atoms with Crippen LogP contribution in [0.5, 0.6) is 0 Å². The first kappa shape index (κ1) is 22.3. The number of nitrogens with zero attached hydrogens (tertiary/aromatic N) is 4. The van der Waals surface area contributed by atoms with Crippen molar-refractivity contribution in [3.05, 3.63) is 11.6 Å². The lowest BCUT2D eigenvalue weighted by Crippen LogP contribution is -2.41. The Labute approximate surface area is 192 Å². The molecule has 2 aliphatic carbocycles. The van der Waals surface area contributed by atoms with Gasteiger partial charge in [0.25, 0.3) is 0 Å². The van der Waals surface area contributed by atoms with E-state index in [1.165, 1.54) is 0 Å². The Balaban J connectivity index is 1.27. The summed E-state index contributed by atoms with van der Waals surface area (Å²) < 4.78 is 15.4. The van der Waals surface area contributed by atoms with Crippen molar-refractivity contribution in [2.75, 3.05) is 36.5 Å². The van der Waals surface area contributed by atoms with Crippen molar-refractivity contribution in [3.8, 4) is 0 Å². The van der Waals surface area contributed by atoms with Crippen LogP contribution in [-0.2, 0) is 9.59 Å². The summed E-state index contributed by atoms with van der Waals surface area (Å²) >= 11 is 0. The van der Waals surface area contributed by atoms with E-state index in [0.717, 1.165) is 51.6 Å². The SMILES string of the molecule is Cc1nc(NNC(=O)[C@H](CC2CCCC2)CN(O)C=O)c(F)c(N2CC3(CC3)C3(CN3)C2)n1. The zero-order chi connectivity index (χ0) is 23.2. The molecule has 0 aromatic carbocycles. The molecule has 3 heterocycles. The van der Waals surface area contributed by atoms with E-state index in [-0.39, 0.29) is 35.5 Å². The predicted molar refractivity (Wildman–Crippen MR) is 118 cm³/mol. The molecule has 1 aromatic rings. The number of fused-ring (bicyclic) bond motifs is 1. The summed E-state index contributed by atoms with van der Waals surface area (Å²) in [6.07, 6.45) is 7.43. The van der Waals surface area contributed by atoms with Gasteiger partial charge in [-0.25, -0.2) is 15.0 Å². The predicted octanol–water partition coefficient (Wildman–Crippen LogP) is 1.35. The maximum absolute atomic E-state index is 15.4. The molecule has 5 rings (SSSR count). The first-order valence-electron chi connectivity index (χ1n) is 11.9. The number of aromatic nitrogens is 2. The Morgan fingerprint density at radius 2 is 2.09 bits per heavy atom. The molecule has 4 aliphatic rings. The third-order valence-corrected chi connectivity index (χ3v) is 7.97. The molecule has 11 heteroatoms. The highest BCUT2D eigenvalue weighted by molar-refractivity contribution is 5.80. The monoisotopic (exact) mass is 461 g/mol. The van der Waals surface area contributed by atoms with Gasteiger partial charge in [0.2, 0.25) is 18.1 Å². The van der Waals surface area contributed by atoms with Crippen LogP contribution in [-0.4, -0.2) is 64.3 Å². The van der Waals surface area contributed by atoms with Gasteiger partial charge in [-0.15, -0.1) is 0 Å². The van der Waals surface area contributed by atoms with Crippen LogP contribution in [0.3, 0.4) is 0 Å². The molecule has 2 saturated heterocycles. The molecule has 2 atom stereocenters. The molecule has 10 nitrogen and oxygen atoms in total. The van der Waals surface area contributed by atoms with Gasteiger partial charge >= 0.3 is 0 Å². The Hall–Kier alpha value is -2.53. The van der Waals surface area contributed by atoms with Crippen molar-refractivity contribution >= 4 is 24.0 Å². The smallest absolute Gasteiger partial charge is 0.243 e. The first-order chi connectivity index (χ1) is 15.8. The summed E-state index contributed by atoms with van der Waals surface area (Å²) in [5.41, 5.74) is 5.48. The Kier molecular flexibility index (Phi) is 5.64. The summed E-state index contributed by atoms with van der Waals surface area (Å²) in [5, 5.41) is 13.6. The van der Waals surface area contributed by atoms with Gasteiger partial charge in [-0.2, -0.15) is 4.39 Å². The zero-order valence-electron chi connectivity index (χ0n) is 18.9. The van der Waals surface area contributed by atoms with Gasteiger partial charge in [0, 0.05) is 25.0 Å². The van der Waals surface area contributed by atoms with Crippen LogP contribution in [0.4, 0.5) is 16.0 Å². The fourth-order valence-corrected chi connectivity index (χ4v) is 5.84. The zero-order valence-corrected chi connectivity index (χ0v) is 18.9. The van der Waals surface area contributed by atoms with Crippen molar-refractivity contribution in [1.82, 2.24) is 25.8 Å². The second-order valence-electron chi connectivity index (χ2n) is 10.3. The number of anilines is 2. The third-order valence-electron chi connectivity index (χ3n) is 7.97. The van der Waals surface area contributed by atoms with Gasteiger partial charge < -0.3 is 10.2 Å². The van der Waals surface area contributed by atoms with Gasteiger partial charge in [0.15, 0.2) is 11.6 Å². The van der Waals surface area contributed by atoms with E-state index < -0.39 is 17.6 Å². The molecule has 0 bridgehead atoms. The van der Waals surface area contributed by atoms with Crippen LogP contribution >= 0.6 is 0 Å². The number of aryl methyl sites for hydroxylation is 1. The van der Waals surface area contributed by atoms with Gasteiger partial charge in [-0.3, -0.25) is 25.6 Å². The molecule has 2 spiro atoms. The normalized spacial score (nSPS) is 26.0. The van der Waals surface area contributed by atoms with Crippen molar-refractivity contribution in [2.45, 2.75) is 57.4 Å². The highest BCUT2D eigenvalue weighted by Gasteiger charge is 2.70. The van der Waals surface area contributed by atoms with E-state index in [0.29, 0.717) is 29.8 Å². The maximum atomic E-state index is 15.4. The second kappa shape index (κ2) is 8.35. The van der Waals surface area contributed by atoms with E-state index in [1.807, 2.05) is 4.90 Å². The molecule has 33 heavy (non-hydrogen) atoms. The third kappa shape index (κ3) is 4.23. The molecule has 2 amide bonds. The van der Waals surface area contributed by atoms with Crippen molar-refractivity contribution in [2.24, 2.45) is 17.3 Å². The number of carbonyl (C=O) groups is 2. The summed E-state index contributed by atoms with van der Waals surface area (Å²) in [6, 6.07) is 0. The largest absolute Gasteiger partial charge is 0.351 e. The molecule has 4 fully saturated rings. The summed E-state index contributed by atoms with van der Waals surface area (Å²) in [5.74, 6) is -0.688. The van der Waals surface area contributed by atoms with E-state index >= 15 is 4.39 Å². The standard InChI is InChI=1S/C22H32FN7O3/c1-14-25-18(17(23)19(26-14)29-11-21(6-7-21)22(12-29)10-24-22)27-28-20(32)16(9-30(33)13-31)8-15-4-2-3-5-15/h13,15-16,24,33H,2-12H2,1H3,(H,28,32)(H,25,26,27)/t16-,22?/m1/s1. The quantitative estimate of drug-likeness (QED) is 0.188. The van der Waals surface area contributed by atoms with Crippen molar-refractivity contribution < 1.29 is 19.2 Å². The number of nitrogens with one attached hydrogen (secondary N) is 3. The molecule has 180 valence electrons. The molecule has 1 aromatic heterocycles. The van der Waals surface area contributed by atoms with Crippen LogP contribution in [0, 0.1) is 30.0 Å². The van der Waals surface area contributed by atoms with Crippen molar-refractivity contribution in [3.63, 3.8) is 0 Å². The number of rotatable bonds is 9. The van der Waals surface area contributed by atoms with Crippen LogP contribution in [0.1, 0.15) is 50.8 Å². The molecule has 0 radical (unpaired) electrons. The van der Waals surface area contributed by atoms with Gasteiger partial charge in [0.1, 0.15) is 5.82 Å². The average Bonchev–Trinajstić information content (AvgIpc) is 3.67. The number of hydrogen-bond donors (Lipinski definition) is 4. The molecule has 2 aliphatic heterocycles. The fraction of sp³-hybridized carbons (Fsp3) is 0.727. The Morgan fingerprint density at radius 1 is 1.36 bits per heavy atom. The van der Waals surface area contributed by atoms with Crippen molar-refractivity contribution in [1.29, 1.82) is 0 Å². The highest BCUT2D eigenvalue weighted by atomic mass is 19.1. The molecular weight excluding hydrogens is 429 g/mol. The van der Waals surface area contributed by atoms with Crippen LogP contribution in [0.15, 0.2) is 0 Å². The minimum atomic E-state index is -0.615. The minimum absolute atomic E-state index is 0.0856. The molecule has 2 saturated carbocycles. The van der Waals surface area contributed by atoms with Gasteiger partial charge in [0.05, 0.1) is 18.0 Å². The van der Waals surface area contributed by atoms with Gasteiger partial charge in [-0.05, 0) is 32.1 Å². The van der Waals surface area contributed by atoms with Crippen LogP contribution in [0.2, 0.25) is 0 Å². The van der Waals surface area contributed by atoms with E-state index in [1.54, 1.807) is 6.92 Å². The van der Waals surface area contributed by atoms with Gasteiger partial charge in [-0.1, -0.05) is 25.7 Å². The minimum Gasteiger partial charge on any atom is -0.351 e. The molecule has 4 N–H and O–H groups in total. The number of halogens is 1. The summed E-state index contributed by atoms with van der Waals surface area (Å²) in [4.78, 5) is 34.2. The number of hydrogen-bond acceptors (Lipinski definition) is 8. The lowest BCUT2D eigenvalue weighted by atomic mass is 9.92. The topological polar surface area (TPSA) is 133 Å². The number of carbonyl (C=O) groups excluding carboxylic acids is 2. The maximum Gasteiger partial charge on any atom is 0.243 e. The Bertz CT molecular complexity index is 911. The second-order valence-corrected chi connectivity index (χ2v) is 10.3. The highest BCUT2D eigenvalue weighted by Crippen LogP contribution is 2.62. The van der Waals surface area contributed by atoms with E-state index in [9.17, 15) is 14.8 Å². The summed E-state index contributed by atoms with van der Waals surface area (Å²) in [6.45, 7) is 4.02. The van der Waals surface area contributed by atoms with E-state index in [4.69, 9.17) is 0 Å². The number of hydrazine groups is 1. The van der Waals surface area contributed by atoms with E-state index in [2.05, 4.69) is 26.1 Å². The van der Waals surface area contributed by atoms with Crippen LogP contribution in [0.25, 0.3) is 0 Å².